The summed E-state index contributed by atoms with van der Waals surface area (Å²) in [7, 11) is 0. The lowest BCUT2D eigenvalue weighted by Gasteiger charge is -2.08. The number of amides is 2. The summed E-state index contributed by atoms with van der Waals surface area (Å²) >= 11 is 0.889. The normalized spacial score (nSPS) is 16.1. The van der Waals surface area contributed by atoms with Gasteiger partial charge in [-0.1, -0.05) is 36.4 Å². The summed E-state index contributed by atoms with van der Waals surface area (Å²) in [5, 5.41) is 1.88. The second-order valence-electron chi connectivity index (χ2n) is 4.31. The molecule has 1 aliphatic heterocycles. The van der Waals surface area contributed by atoms with Crippen molar-refractivity contribution in [2.24, 2.45) is 0 Å². The second kappa shape index (κ2) is 5.85. The van der Waals surface area contributed by atoms with Crippen LogP contribution in [0.15, 0.2) is 59.5 Å². The van der Waals surface area contributed by atoms with Crippen LogP contribution in [0, 0.1) is 0 Å². The highest BCUT2D eigenvalue weighted by atomic mass is 32.2. The smallest absolute Gasteiger partial charge is 0.290 e. The Bertz CT molecular complexity index is 725. The molecule has 0 spiro atoms. The topological polar surface area (TPSA) is 55.4 Å². The molecule has 1 N–H and O–H groups in total. The van der Waals surface area contributed by atoms with Crippen LogP contribution in [0.4, 0.5) is 4.79 Å². The van der Waals surface area contributed by atoms with Crippen LogP contribution in [0.25, 0.3) is 6.08 Å². The first-order chi connectivity index (χ1) is 10.2. The van der Waals surface area contributed by atoms with Crippen LogP contribution in [0.1, 0.15) is 5.56 Å². The van der Waals surface area contributed by atoms with Crippen molar-refractivity contribution < 1.29 is 14.3 Å². The van der Waals surface area contributed by atoms with E-state index in [2.05, 4.69) is 5.32 Å². The molecule has 2 aromatic carbocycles. The zero-order valence-corrected chi connectivity index (χ0v) is 11.7. The molecule has 0 radical (unpaired) electrons. The molecule has 0 aromatic heterocycles. The number of carbonyl (C=O) groups excluding carboxylic acids is 2. The summed E-state index contributed by atoms with van der Waals surface area (Å²) in [5.74, 6) is 0.964. The van der Waals surface area contributed by atoms with E-state index in [1.165, 1.54) is 0 Å². The van der Waals surface area contributed by atoms with Crippen LogP contribution in [0.3, 0.4) is 0 Å². The number of rotatable bonds is 3. The van der Waals surface area contributed by atoms with Gasteiger partial charge in [-0.25, -0.2) is 0 Å². The predicted molar refractivity (Wildman–Crippen MR) is 82.1 cm³/mol. The molecule has 5 heteroatoms. The first-order valence-electron chi connectivity index (χ1n) is 6.29. The van der Waals surface area contributed by atoms with Gasteiger partial charge >= 0.3 is 0 Å². The van der Waals surface area contributed by atoms with Gasteiger partial charge in [-0.2, -0.15) is 0 Å². The number of carbonyl (C=O) groups is 2. The summed E-state index contributed by atoms with van der Waals surface area (Å²) in [5.41, 5.74) is 0.744. The molecule has 0 bridgehead atoms. The van der Waals surface area contributed by atoms with Crippen molar-refractivity contribution in [1.82, 2.24) is 5.32 Å². The number of imide groups is 1. The first-order valence-corrected chi connectivity index (χ1v) is 7.11. The van der Waals surface area contributed by atoms with E-state index >= 15 is 0 Å². The predicted octanol–water partition coefficient (Wildman–Crippen LogP) is 3.80. The summed E-state index contributed by atoms with van der Waals surface area (Å²) in [6.45, 7) is 0. The largest absolute Gasteiger partial charge is 0.457 e. The Labute approximate surface area is 125 Å². The van der Waals surface area contributed by atoms with E-state index in [1.807, 2.05) is 54.6 Å². The third kappa shape index (κ3) is 3.14. The van der Waals surface area contributed by atoms with Gasteiger partial charge in [-0.15, -0.1) is 0 Å². The first kappa shape index (κ1) is 13.5. The zero-order valence-electron chi connectivity index (χ0n) is 10.9. The molecule has 21 heavy (non-hydrogen) atoms. The van der Waals surface area contributed by atoms with E-state index in [1.54, 1.807) is 6.08 Å². The Balaban J connectivity index is 1.92. The monoisotopic (exact) mass is 297 g/mol. The second-order valence-corrected chi connectivity index (χ2v) is 5.32. The Morgan fingerprint density at radius 1 is 0.952 bits per heavy atom. The Morgan fingerprint density at radius 2 is 1.67 bits per heavy atom. The van der Waals surface area contributed by atoms with Crippen molar-refractivity contribution in [1.29, 1.82) is 0 Å². The van der Waals surface area contributed by atoms with Crippen molar-refractivity contribution in [2.45, 2.75) is 0 Å². The molecule has 4 nitrogen and oxygen atoms in total. The van der Waals surface area contributed by atoms with Crippen LogP contribution in [-0.2, 0) is 4.79 Å². The third-order valence-corrected chi connectivity index (χ3v) is 3.63. The van der Waals surface area contributed by atoms with E-state index < -0.39 is 0 Å². The lowest BCUT2D eigenvalue weighted by Crippen LogP contribution is -2.17. The van der Waals surface area contributed by atoms with Crippen molar-refractivity contribution in [3.05, 3.63) is 65.1 Å². The SMILES string of the molecule is O=C1NC(=O)/C(=C/c2ccccc2Oc2ccccc2)S1. The Hall–Kier alpha value is -2.53. The van der Waals surface area contributed by atoms with Gasteiger partial charge in [0.25, 0.3) is 11.1 Å². The quantitative estimate of drug-likeness (QED) is 0.875. The van der Waals surface area contributed by atoms with E-state index in [0.717, 1.165) is 17.3 Å². The highest BCUT2D eigenvalue weighted by Gasteiger charge is 2.25. The molecule has 0 atom stereocenters. The van der Waals surface area contributed by atoms with E-state index in [-0.39, 0.29) is 11.1 Å². The average molecular weight is 297 g/mol. The van der Waals surface area contributed by atoms with E-state index in [9.17, 15) is 9.59 Å². The fourth-order valence-corrected chi connectivity index (χ4v) is 2.54. The highest BCUT2D eigenvalue weighted by Crippen LogP contribution is 2.31. The van der Waals surface area contributed by atoms with Crippen LogP contribution in [-0.4, -0.2) is 11.1 Å². The Kier molecular flexibility index (Phi) is 3.75. The molecular formula is C16H11NO3S. The molecule has 0 aliphatic carbocycles. The number of para-hydroxylation sites is 2. The van der Waals surface area contributed by atoms with Gasteiger partial charge in [0.15, 0.2) is 0 Å². The van der Waals surface area contributed by atoms with Gasteiger partial charge in [0.1, 0.15) is 11.5 Å². The molecule has 3 rings (SSSR count). The minimum absolute atomic E-state index is 0.354. The number of hydrogen-bond donors (Lipinski definition) is 1. The maximum atomic E-state index is 11.6. The molecule has 1 fully saturated rings. The molecular weight excluding hydrogens is 286 g/mol. The number of ether oxygens (including phenoxy) is 1. The summed E-state index contributed by atoms with van der Waals surface area (Å²) in [6, 6.07) is 16.7. The number of hydrogen-bond acceptors (Lipinski definition) is 4. The summed E-state index contributed by atoms with van der Waals surface area (Å²) in [6.07, 6.45) is 1.66. The van der Waals surface area contributed by atoms with Gasteiger partial charge in [-0.3, -0.25) is 14.9 Å². The Morgan fingerprint density at radius 3 is 2.38 bits per heavy atom. The molecule has 0 saturated carbocycles. The fourth-order valence-electron chi connectivity index (χ4n) is 1.87. The van der Waals surface area contributed by atoms with Gasteiger partial charge in [0.2, 0.25) is 0 Å². The van der Waals surface area contributed by atoms with E-state index in [0.29, 0.717) is 16.4 Å². The molecule has 2 aromatic rings. The molecule has 1 heterocycles. The summed E-state index contributed by atoms with van der Waals surface area (Å²) in [4.78, 5) is 23.2. The summed E-state index contributed by atoms with van der Waals surface area (Å²) < 4.78 is 5.81. The van der Waals surface area contributed by atoms with Crippen molar-refractivity contribution in [3.8, 4) is 11.5 Å². The van der Waals surface area contributed by atoms with Gasteiger partial charge in [0, 0.05) is 5.56 Å². The van der Waals surface area contributed by atoms with Gasteiger partial charge in [-0.05, 0) is 36.0 Å². The molecule has 1 saturated heterocycles. The van der Waals surface area contributed by atoms with Crippen molar-refractivity contribution >= 4 is 29.0 Å². The van der Waals surface area contributed by atoms with Crippen LogP contribution in [0.5, 0.6) is 11.5 Å². The molecule has 104 valence electrons. The minimum Gasteiger partial charge on any atom is -0.457 e. The highest BCUT2D eigenvalue weighted by molar-refractivity contribution is 8.18. The van der Waals surface area contributed by atoms with E-state index in [4.69, 9.17) is 4.74 Å². The third-order valence-electron chi connectivity index (χ3n) is 2.82. The van der Waals surface area contributed by atoms with Crippen molar-refractivity contribution in [2.75, 3.05) is 0 Å². The maximum Gasteiger partial charge on any atom is 0.290 e. The average Bonchev–Trinajstić information content (AvgIpc) is 2.80. The van der Waals surface area contributed by atoms with Gasteiger partial charge in [0.05, 0.1) is 4.91 Å². The molecule has 2 amide bonds. The number of nitrogens with one attached hydrogen (secondary N) is 1. The lowest BCUT2D eigenvalue weighted by atomic mass is 10.2. The van der Waals surface area contributed by atoms with Crippen LogP contribution in [0.2, 0.25) is 0 Å². The number of thioether (sulfide) groups is 1. The van der Waals surface area contributed by atoms with Gasteiger partial charge < -0.3 is 4.74 Å². The van der Waals surface area contributed by atoms with Crippen molar-refractivity contribution in [3.63, 3.8) is 0 Å². The van der Waals surface area contributed by atoms with Crippen LogP contribution < -0.4 is 10.1 Å². The molecule has 0 unspecified atom stereocenters. The standard InChI is InChI=1S/C16H11NO3S/c18-15-14(21-16(19)17-15)10-11-6-4-5-9-13(11)20-12-7-2-1-3-8-12/h1-10H,(H,17,18,19)/b14-10-. The van der Waals surface area contributed by atoms with Crippen LogP contribution >= 0.6 is 11.8 Å². The lowest BCUT2D eigenvalue weighted by molar-refractivity contribution is -0.115. The fraction of sp³-hybridized carbons (Fsp3) is 0. The molecule has 1 aliphatic rings. The maximum absolute atomic E-state index is 11.6. The minimum atomic E-state index is -0.375. The zero-order chi connectivity index (χ0) is 14.7. The number of benzene rings is 2.